The van der Waals surface area contributed by atoms with Crippen molar-refractivity contribution < 1.29 is 22.4 Å². The molecule has 0 unspecified atom stereocenters. The van der Waals surface area contributed by atoms with Gasteiger partial charge in [0, 0.05) is 13.1 Å². The molecule has 1 atom stereocenters. The third kappa shape index (κ3) is 8.35. The fourth-order valence-corrected chi connectivity index (χ4v) is 6.07. The summed E-state index contributed by atoms with van der Waals surface area (Å²) < 4.78 is 42.4. The molecule has 0 aromatic heterocycles. The number of halogens is 4. The van der Waals surface area contributed by atoms with Gasteiger partial charge in [-0.3, -0.25) is 13.9 Å². The van der Waals surface area contributed by atoms with Crippen LogP contribution in [-0.2, 0) is 26.2 Å². The molecule has 41 heavy (non-hydrogen) atoms. The number of carbonyl (C=O) groups is 2. The lowest BCUT2D eigenvalue weighted by atomic mass is 10.1. The molecule has 0 aliphatic rings. The van der Waals surface area contributed by atoms with Gasteiger partial charge in [0.2, 0.25) is 11.8 Å². The van der Waals surface area contributed by atoms with Gasteiger partial charge in [0.05, 0.1) is 25.7 Å². The lowest BCUT2D eigenvalue weighted by molar-refractivity contribution is -0.140. The van der Waals surface area contributed by atoms with Crippen molar-refractivity contribution in [2.45, 2.75) is 50.6 Å². The predicted octanol–water partition coefficient (Wildman–Crippen LogP) is 6.70. The van der Waals surface area contributed by atoms with E-state index in [0.717, 1.165) is 29.3 Å². The van der Waals surface area contributed by atoms with E-state index in [2.05, 4.69) is 5.32 Å². The van der Waals surface area contributed by atoms with Crippen LogP contribution in [0, 0.1) is 5.82 Å². The van der Waals surface area contributed by atoms with Crippen LogP contribution in [0.15, 0.2) is 71.6 Å². The number of anilines is 1. The minimum absolute atomic E-state index is 0.0106. The highest BCUT2D eigenvalue weighted by molar-refractivity contribution is 7.92. The molecule has 0 aliphatic heterocycles. The first-order chi connectivity index (χ1) is 19.5. The fraction of sp³-hybridized carbons (Fsp3) is 0.310. The lowest BCUT2D eigenvalue weighted by Crippen LogP contribution is -2.52. The number of amides is 2. The van der Waals surface area contributed by atoms with Crippen LogP contribution in [0.1, 0.15) is 38.7 Å². The minimum Gasteiger partial charge on any atom is -0.354 e. The Bertz CT molecular complexity index is 1480. The van der Waals surface area contributed by atoms with Crippen LogP contribution < -0.4 is 9.62 Å². The Morgan fingerprint density at radius 1 is 0.927 bits per heavy atom. The molecule has 0 saturated heterocycles. The Morgan fingerprint density at radius 2 is 1.63 bits per heavy atom. The van der Waals surface area contributed by atoms with Crippen LogP contribution in [0.4, 0.5) is 10.1 Å². The molecule has 1 N–H and O–H groups in total. The van der Waals surface area contributed by atoms with E-state index in [0.29, 0.717) is 17.1 Å². The average molecular weight is 643 g/mol. The van der Waals surface area contributed by atoms with Gasteiger partial charge in [0.25, 0.3) is 10.0 Å². The van der Waals surface area contributed by atoms with E-state index in [1.807, 2.05) is 6.92 Å². The SMILES string of the molecule is CCCCNC(=O)[C@H](CC)N(Cc1ccc(Cl)c(Cl)c1)C(=O)CN(c1ccc(F)c(Cl)c1)S(=O)(=O)c1ccccc1. The maximum atomic E-state index is 14.0. The first kappa shape index (κ1) is 32.7. The van der Waals surface area contributed by atoms with Gasteiger partial charge in [0.1, 0.15) is 18.4 Å². The van der Waals surface area contributed by atoms with E-state index in [1.54, 1.807) is 43.3 Å². The summed E-state index contributed by atoms with van der Waals surface area (Å²) in [6.07, 6.45) is 1.89. The van der Waals surface area contributed by atoms with Crippen LogP contribution in [0.25, 0.3) is 0 Å². The van der Waals surface area contributed by atoms with Crippen molar-refractivity contribution in [1.29, 1.82) is 0 Å². The zero-order chi connectivity index (χ0) is 30.2. The van der Waals surface area contributed by atoms with E-state index in [-0.39, 0.29) is 39.5 Å². The second-order valence-electron chi connectivity index (χ2n) is 9.26. The number of nitrogens with one attached hydrogen (secondary N) is 1. The van der Waals surface area contributed by atoms with Crippen molar-refractivity contribution in [3.8, 4) is 0 Å². The summed E-state index contributed by atoms with van der Waals surface area (Å²) in [4.78, 5) is 28.5. The van der Waals surface area contributed by atoms with Gasteiger partial charge in [-0.25, -0.2) is 12.8 Å². The first-order valence-corrected chi connectivity index (χ1v) is 15.6. The van der Waals surface area contributed by atoms with Gasteiger partial charge in [-0.15, -0.1) is 0 Å². The van der Waals surface area contributed by atoms with Crippen molar-refractivity contribution in [2.24, 2.45) is 0 Å². The van der Waals surface area contributed by atoms with Gasteiger partial charge in [-0.05, 0) is 60.9 Å². The third-order valence-electron chi connectivity index (χ3n) is 6.35. The molecule has 0 heterocycles. The number of hydrogen-bond donors (Lipinski definition) is 1. The monoisotopic (exact) mass is 641 g/mol. The Balaban J connectivity index is 2.06. The first-order valence-electron chi connectivity index (χ1n) is 13.0. The lowest BCUT2D eigenvalue weighted by Gasteiger charge is -2.33. The Morgan fingerprint density at radius 3 is 2.24 bits per heavy atom. The van der Waals surface area contributed by atoms with Gasteiger partial charge in [-0.2, -0.15) is 0 Å². The molecule has 220 valence electrons. The fourth-order valence-electron chi connectivity index (χ4n) is 4.15. The molecular formula is C29H31Cl3FN3O4S. The summed E-state index contributed by atoms with van der Waals surface area (Å²) in [7, 11) is -4.30. The van der Waals surface area contributed by atoms with E-state index >= 15 is 0 Å². The van der Waals surface area contributed by atoms with E-state index in [4.69, 9.17) is 34.8 Å². The van der Waals surface area contributed by atoms with E-state index in [1.165, 1.54) is 23.1 Å². The number of unbranched alkanes of at least 4 members (excludes halogenated alkanes) is 1. The summed E-state index contributed by atoms with van der Waals surface area (Å²) in [5, 5.41) is 3.15. The Labute approximate surface area is 255 Å². The van der Waals surface area contributed by atoms with Gasteiger partial charge >= 0.3 is 0 Å². The van der Waals surface area contributed by atoms with E-state index < -0.39 is 34.3 Å². The van der Waals surface area contributed by atoms with Crippen molar-refractivity contribution in [1.82, 2.24) is 10.2 Å². The number of benzene rings is 3. The molecule has 0 bridgehead atoms. The minimum atomic E-state index is -4.30. The molecule has 12 heteroatoms. The highest BCUT2D eigenvalue weighted by atomic mass is 35.5. The smallest absolute Gasteiger partial charge is 0.264 e. The number of hydrogen-bond acceptors (Lipinski definition) is 4. The molecule has 3 aromatic rings. The summed E-state index contributed by atoms with van der Waals surface area (Å²) in [6, 6.07) is 14.9. The molecule has 0 fully saturated rings. The van der Waals surface area contributed by atoms with Crippen LogP contribution >= 0.6 is 34.8 Å². The standard InChI is InChI=1S/C29H31Cl3FN3O4S/c1-3-5-15-34-29(38)27(4-2)35(18-20-11-13-23(30)24(31)16-20)28(37)19-36(21-12-14-26(33)25(32)17-21)41(39,40)22-9-7-6-8-10-22/h6-14,16-17,27H,3-5,15,18-19H2,1-2H3,(H,34,38)/t27-/m0/s1. The summed E-state index contributed by atoms with van der Waals surface area (Å²) in [6.45, 7) is 3.46. The summed E-state index contributed by atoms with van der Waals surface area (Å²) in [5.41, 5.74) is 0.582. The molecule has 3 aromatic carbocycles. The van der Waals surface area contributed by atoms with Crippen LogP contribution in [0.5, 0.6) is 0 Å². The zero-order valence-corrected chi connectivity index (χ0v) is 25.7. The topological polar surface area (TPSA) is 86.8 Å². The number of rotatable bonds is 13. The van der Waals surface area contributed by atoms with Crippen molar-refractivity contribution in [3.05, 3.63) is 93.2 Å². The molecule has 0 radical (unpaired) electrons. The molecular weight excluding hydrogens is 612 g/mol. The Hall–Kier alpha value is -2.85. The number of nitrogens with zero attached hydrogens (tertiary/aromatic N) is 2. The number of carbonyl (C=O) groups excluding carboxylic acids is 2. The molecule has 0 aliphatic carbocycles. The van der Waals surface area contributed by atoms with Crippen molar-refractivity contribution in [2.75, 3.05) is 17.4 Å². The molecule has 3 rings (SSSR count). The molecule has 2 amide bonds. The zero-order valence-electron chi connectivity index (χ0n) is 22.6. The normalized spacial score (nSPS) is 12.0. The van der Waals surface area contributed by atoms with Crippen LogP contribution in [0.2, 0.25) is 15.1 Å². The Kier molecular flexibility index (Phi) is 11.8. The second-order valence-corrected chi connectivity index (χ2v) is 12.3. The third-order valence-corrected chi connectivity index (χ3v) is 9.17. The van der Waals surface area contributed by atoms with Crippen LogP contribution in [-0.4, -0.2) is 44.3 Å². The predicted molar refractivity (Wildman–Crippen MR) is 161 cm³/mol. The molecule has 0 spiro atoms. The quantitative estimate of drug-likeness (QED) is 0.210. The summed E-state index contributed by atoms with van der Waals surface area (Å²) >= 11 is 18.3. The molecule has 7 nitrogen and oxygen atoms in total. The van der Waals surface area contributed by atoms with Gasteiger partial charge < -0.3 is 10.2 Å². The average Bonchev–Trinajstić information content (AvgIpc) is 2.95. The highest BCUT2D eigenvalue weighted by Gasteiger charge is 2.34. The maximum absolute atomic E-state index is 14.0. The highest BCUT2D eigenvalue weighted by Crippen LogP contribution is 2.29. The van der Waals surface area contributed by atoms with Crippen LogP contribution in [0.3, 0.4) is 0 Å². The number of sulfonamides is 1. The molecule has 0 saturated carbocycles. The van der Waals surface area contributed by atoms with Gasteiger partial charge in [0.15, 0.2) is 0 Å². The largest absolute Gasteiger partial charge is 0.354 e. The van der Waals surface area contributed by atoms with E-state index in [9.17, 15) is 22.4 Å². The summed E-state index contributed by atoms with van der Waals surface area (Å²) in [5.74, 6) is -1.76. The maximum Gasteiger partial charge on any atom is 0.264 e. The van der Waals surface area contributed by atoms with Crippen molar-refractivity contribution >= 4 is 62.3 Å². The van der Waals surface area contributed by atoms with Gasteiger partial charge in [-0.1, -0.05) is 79.3 Å². The second kappa shape index (κ2) is 14.9. The van der Waals surface area contributed by atoms with Crippen molar-refractivity contribution in [3.63, 3.8) is 0 Å².